The number of nitrogens with zero attached hydrogens (tertiary/aromatic N) is 7. The van der Waals surface area contributed by atoms with Crippen molar-refractivity contribution in [1.82, 2.24) is 39.6 Å². The van der Waals surface area contributed by atoms with Gasteiger partial charge in [-0.15, -0.1) is 0 Å². The Morgan fingerprint density at radius 1 is 1.18 bits per heavy atom. The van der Waals surface area contributed by atoms with Crippen LogP contribution in [0.15, 0.2) is 61.7 Å². The number of benzene rings is 1. The van der Waals surface area contributed by atoms with E-state index >= 15 is 0 Å². The fraction of sp³-hybridized carbons (Fsp3) is 0.158. The van der Waals surface area contributed by atoms with Gasteiger partial charge in [-0.05, 0) is 36.8 Å². The molecule has 2 N–H and O–H groups in total. The molecule has 1 aromatic carbocycles. The van der Waals surface area contributed by atoms with Crippen molar-refractivity contribution in [2.75, 3.05) is 19.4 Å². The molecule has 0 saturated heterocycles. The summed E-state index contributed by atoms with van der Waals surface area (Å²) < 4.78 is 3.73. The average Bonchev–Trinajstić information content (AvgIpc) is 3.39. The first-order valence-corrected chi connectivity index (χ1v) is 8.79. The van der Waals surface area contributed by atoms with Gasteiger partial charge < -0.3 is 10.3 Å². The maximum atomic E-state index is 4.56. The van der Waals surface area contributed by atoms with Crippen molar-refractivity contribution >= 4 is 22.7 Å². The van der Waals surface area contributed by atoms with Crippen molar-refractivity contribution in [2.24, 2.45) is 0 Å². The van der Waals surface area contributed by atoms with Gasteiger partial charge >= 0.3 is 0 Å². The first-order valence-electron chi connectivity index (χ1n) is 8.79. The Hall–Kier alpha value is -3.72. The van der Waals surface area contributed by atoms with E-state index in [0.29, 0.717) is 5.82 Å². The van der Waals surface area contributed by atoms with Gasteiger partial charge in [0.05, 0.1) is 17.6 Å². The second kappa shape index (κ2) is 7.49. The van der Waals surface area contributed by atoms with Crippen LogP contribution in [0.1, 0.15) is 12.6 Å². The molecule has 3 aromatic heterocycles. The molecule has 0 amide bonds. The lowest BCUT2D eigenvalue weighted by atomic mass is 10.2. The molecule has 0 aliphatic rings. The molecule has 9 nitrogen and oxygen atoms in total. The predicted octanol–water partition coefficient (Wildman–Crippen LogP) is 2.48. The van der Waals surface area contributed by atoms with E-state index in [9.17, 15) is 0 Å². The van der Waals surface area contributed by atoms with Crippen LogP contribution in [-0.2, 0) is 0 Å². The van der Waals surface area contributed by atoms with Gasteiger partial charge in [0, 0.05) is 38.4 Å². The summed E-state index contributed by atoms with van der Waals surface area (Å²) in [5.41, 5.74) is 7.75. The minimum atomic E-state index is 0.692. The smallest absolute Gasteiger partial charge is 0.180 e. The number of imidazole rings is 1. The van der Waals surface area contributed by atoms with Gasteiger partial charge in [0.2, 0.25) is 0 Å². The molecule has 0 aliphatic heterocycles. The zero-order chi connectivity index (χ0) is 19.5. The molecule has 0 fully saturated rings. The van der Waals surface area contributed by atoms with Crippen LogP contribution in [0.3, 0.4) is 0 Å². The molecule has 0 spiro atoms. The number of anilines is 2. The molecule has 4 rings (SSSR count). The fourth-order valence-electron chi connectivity index (χ4n) is 2.90. The minimum Gasteiger partial charge on any atom is -0.337 e. The Labute approximate surface area is 162 Å². The molecule has 0 unspecified atom stereocenters. The van der Waals surface area contributed by atoms with E-state index in [4.69, 9.17) is 0 Å². The zero-order valence-electron chi connectivity index (χ0n) is 15.9. The number of hydrogen-bond acceptors (Lipinski definition) is 7. The van der Waals surface area contributed by atoms with E-state index in [1.165, 1.54) is 6.33 Å². The molecule has 0 saturated carbocycles. The minimum absolute atomic E-state index is 0.692. The van der Waals surface area contributed by atoms with Gasteiger partial charge in [-0.1, -0.05) is 0 Å². The first kappa shape index (κ1) is 17.7. The number of nitrogens with one attached hydrogen (secondary N) is 2. The Kier molecular flexibility index (Phi) is 4.73. The number of rotatable bonds is 6. The summed E-state index contributed by atoms with van der Waals surface area (Å²) in [5, 5.41) is 9.37. The van der Waals surface area contributed by atoms with Crippen molar-refractivity contribution in [1.29, 1.82) is 0 Å². The van der Waals surface area contributed by atoms with Crippen LogP contribution in [0.4, 0.5) is 11.5 Å². The molecule has 4 aromatic rings. The van der Waals surface area contributed by atoms with E-state index in [-0.39, 0.29) is 0 Å². The van der Waals surface area contributed by atoms with Crippen LogP contribution in [-0.4, -0.2) is 48.2 Å². The summed E-state index contributed by atoms with van der Waals surface area (Å²) in [5.74, 6) is 0.692. The SMILES string of the molecule is CNN(C)/C=C(\C)c1cnc2c(Nc3ccc(-n4cncn4)cc3)nccn12. The van der Waals surface area contributed by atoms with Crippen molar-refractivity contribution in [2.45, 2.75) is 6.92 Å². The van der Waals surface area contributed by atoms with Gasteiger partial charge in [0.15, 0.2) is 11.5 Å². The standard InChI is InChI=1S/C19H21N9/c1-14(11-26(3)20-2)17-10-23-19-18(22-8-9-27(17)19)25-15-4-6-16(7-5-15)28-13-21-12-24-28/h4-13,20H,1-3H3,(H,22,25)/b14-11+. The summed E-state index contributed by atoms with van der Waals surface area (Å²) in [6, 6.07) is 7.88. The summed E-state index contributed by atoms with van der Waals surface area (Å²) >= 11 is 0. The Morgan fingerprint density at radius 2 is 2.00 bits per heavy atom. The highest BCUT2D eigenvalue weighted by molar-refractivity contribution is 5.73. The van der Waals surface area contributed by atoms with Crippen LogP contribution in [0.5, 0.6) is 0 Å². The Balaban J connectivity index is 1.62. The van der Waals surface area contributed by atoms with Gasteiger partial charge in [0.25, 0.3) is 0 Å². The highest BCUT2D eigenvalue weighted by Crippen LogP contribution is 2.23. The third-order valence-electron chi connectivity index (χ3n) is 4.39. The fourth-order valence-corrected chi connectivity index (χ4v) is 2.90. The predicted molar refractivity (Wildman–Crippen MR) is 108 cm³/mol. The quantitative estimate of drug-likeness (QED) is 0.501. The normalized spacial score (nSPS) is 11.8. The van der Waals surface area contributed by atoms with E-state index in [1.54, 1.807) is 17.2 Å². The van der Waals surface area contributed by atoms with Gasteiger partial charge in [-0.25, -0.2) is 25.1 Å². The van der Waals surface area contributed by atoms with Gasteiger partial charge in [0.1, 0.15) is 12.7 Å². The third kappa shape index (κ3) is 3.42. The molecular weight excluding hydrogens is 354 g/mol. The maximum Gasteiger partial charge on any atom is 0.180 e. The number of hydrazine groups is 1. The van der Waals surface area contributed by atoms with Crippen molar-refractivity contribution in [3.05, 3.63) is 67.4 Å². The lowest BCUT2D eigenvalue weighted by Crippen LogP contribution is -2.25. The van der Waals surface area contributed by atoms with Crippen LogP contribution in [0.25, 0.3) is 16.9 Å². The molecular formula is C19H21N9. The lowest BCUT2D eigenvalue weighted by molar-refractivity contribution is 0.366. The average molecular weight is 375 g/mol. The van der Waals surface area contributed by atoms with E-state index in [2.05, 4.69) is 30.8 Å². The van der Waals surface area contributed by atoms with Crippen molar-refractivity contribution in [3.63, 3.8) is 0 Å². The lowest BCUT2D eigenvalue weighted by Gasteiger charge is -2.13. The third-order valence-corrected chi connectivity index (χ3v) is 4.39. The monoisotopic (exact) mass is 375 g/mol. The summed E-state index contributed by atoms with van der Waals surface area (Å²) in [4.78, 5) is 13.0. The van der Waals surface area contributed by atoms with Crippen LogP contribution < -0.4 is 10.7 Å². The second-order valence-corrected chi connectivity index (χ2v) is 6.27. The molecule has 142 valence electrons. The molecule has 0 atom stereocenters. The number of fused-ring (bicyclic) bond motifs is 1. The Morgan fingerprint density at radius 3 is 2.71 bits per heavy atom. The topological polar surface area (TPSA) is 88.2 Å². The highest BCUT2D eigenvalue weighted by Gasteiger charge is 2.11. The van der Waals surface area contributed by atoms with Crippen molar-refractivity contribution in [3.8, 4) is 5.69 Å². The second-order valence-electron chi connectivity index (χ2n) is 6.27. The van der Waals surface area contributed by atoms with Crippen molar-refractivity contribution < 1.29 is 0 Å². The molecule has 0 radical (unpaired) electrons. The Bertz CT molecular complexity index is 1090. The maximum absolute atomic E-state index is 4.56. The largest absolute Gasteiger partial charge is 0.337 e. The summed E-state index contributed by atoms with van der Waals surface area (Å²) in [6.07, 6.45) is 10.7. The van der Waals surface area contributed by atoms with Gasteiger partial charge in [-0.3, -0.25) is 4.40 Å². The molecule has 28 heavy (non-hydrogen) atoms. The number of hydrogen-bond donors (Lipinski definition) is 2. The van der Waals surface area contributed by atoms with Crippen LogP contribution >= 0.6 is 0 Å². The van der Waals surface area contributed by atoms with Crippen LogP contribution in [0.2, 0.25) is 0 Å². The zero-order valence-corrected chi connectivity index (χ0v) is 15.9. The van der Waals surface area contributed by atoms with Gasteiger partial charge in [-0.2, -0.15) is 5.10 Å². The van der Waals surface area contributed by atoms with E-state index in [1.807, 2.05) is 73.3 Å². The number of allylic oxidation sites excluding steroid dienone is 1. The molecule has 9 heteroatoms. The summed E-state index contributed by atoms with van der Waals surface area (Å²) in [7, 11) is 3.82. The van der Waals surface area contributed by atoms with E-state index in [0.717, 1.165) is 28.3 Å². The summed E-state index contributed by atoms with van der Waals surface area (Å²) in [6.45, 7) is 2.05. The highest BCUT2D eigenvalue weighted by atomic mass is 15.5. The molecule has 0 aliphatic carbocycles. The first-order chi connectivity index (χ1) is 13.7. The van der Waals surface area contributed by atoms with Crippen LogP contribution in [0, 0.1) is 0 Å². The molecule has 3 heterocycles. The van der Waals surface area contributed by atoms with E-state index < -0.39 is 0 Å². The molecule has 0 bridgehead atoms. The number of aromatic nitrogens is 6.